The quantitative estimate of drug-likeness (QED) is 0.203. The molecule has 2 fully saturated rings. The van der Waals surface area contributed by atoms with E-state index in [0.717, 1.165) is 89.0 Å². The monoisotopic (exact) mass is 667 g/mol. The first-order chi connectivity index (χ1) is 23.5. The first kappa shape index (κ1) is 35.8. The number of aryl methyl sites for hydroxylation is 2. The van der Waals surface area contributed by atoms with Gasteiger partial charge in [0.2, 0.25) is 0 Å². The van der Waals surface area contributed by atoms with Crippen LogP contribution in [-0.2, 0) is 28.0 Å². The fourth-order valence-corrected chi connectivity index (χ4v) is 7.42. The number of benzene rings is 2. The molecule has 254 valence electrons. The van der Waals surface area contributed by atoms with Crippen LogP contribution in [0.4, 0.5) is 0 Å². The molecule has 1 unspecified atom stereocenters. The molecular formula is C41H50ClN3O3. The van der Waals surface area contributed by atoms with Crippen LogP contribution in [0.15, 0.2) is 72.4 Å². The van der Waals surface area contributed by atoms with Crippen LogP contribution in [0.5, 0.6) is 0 Å². The van der Waals surface area contributed by atoms with Crippen LogP contribution in [0, 0.1) is 17.8 Å². The number of carbonyl (C=O) groups excluding carboxylic acids is 1. The highest BCUT2D eigenvalue weighted by molar-refractivity contribution is 6.30. The van der Waals surface area contributed by atoms with Gasteiger partial charge in [-0.05, 0) is 105 Å². The van der Waals surface area contributed by atoms with Gasteiger partial charge in [0.1, 0.15) is 0 Å². The van der Waals surface area contributed by atoms with Crippen LogP contribution < -0.4 is 5.32 Å². The molecule has 2 heterocycles. The summed E-state index contributed by atoms with van der Waals surface area (Å²) in [6.45, 7) is 8.87. The van der Waals surface area contributed by atoms with E-state index in [2.05, 4.69) is 54.1 Å². The number of carbonyl (C=O) groups is 1. The van der Waals surface area contributed by atoms with Crippen molar-refractivity contribution >= 4 is 23.1 Å². The molecule has 1 atom stereocenters. The van der Waals surface area contributed by atoms with Gasteiger partial charge in [-0.2, -0.15) is 0 Å². The molecule has 2 N–H and O–H groups in total. The molecule has 3 aromatic rings. The lowest BCUT2D eigenvalue weighted by Crippen LogP contribution is -2.45. The molecule has 48 heavy (non-hydrogen) atoms. The lowest BCUT2D eigenvalue weighted by molar-refractivity contribution is -0.174. The van der Waals surface area contributed by atoms with Gasteiger partial charge in [-0.1, -0.05) is 105 Å². The molecule has 3 aliphatic rings. The fraction of sp³-hybridized carbons (Fsp3) is 0.463. The summed E-state index contributed by atoms with van der Waals surface area (Å²) in [7, 11) is 0. The molecule has 0 bridgehead atoms. The highest BCUT2D eigenvalue weighted by atomic mass is 35.5. The van der Waals surface area contributed by atoms with Gasteiger partial charge in [0, 0.05) is 22.7 Å². The van der Waals surface area contributed by atoms with E-state index in [0.29, 0.717) is 12.1 Å². The predicted octanol–water partition coefficient (Wildman–Crippen LogP) is 7.36. The van der Waals surface area contributed by atoms with E-state index in [-0.39, 0.29) is 12.5 Å². The highest BCUT2D eigenvalue weighted by Crippen LogP contribution is 2.41. The first-order valence-corrected chi connectivity index (χ1v) is 18.1. The smallest absolute Gasteiger partial charge is 0.344 e. The number of aromatic nitrogens is 1. The second-order valence-electron chi connectivity index (χ2n) is 12.9. The molecule has 0 amide bonds. The molecule has 7 heteroatoms. The Morgan fingerprint density at radius 1 is 0.958 bits per heavy atom. The van der Waals surface area contributed by atoms with Crippen LogP contribution in [-0.4, -0.2) is 60.3 Å². The SMILES string of the molecule is CCN(CC)CC#CCOC(=O)C(O)(c1ccccc1)C1CCCCC1.Clc1ccc2c(c1)CCc1cccnc1C2=C1CCNCC1. The maximum Gasteiger partial charge on any atom is 0.344 e. The summed E-state index contributed by atoms with van der Waals surface area (Å²) in [6.07, 6.45) is 11.1. The molecule has 1 saturated heterocycles. The minimum absolute atomic E-state index is 0.0158. The molecule has 0 spiro atoms. The predicted molar refractivity (Wildman–Crippen MR) is 195 cm³/mol. The van der Waals surface area contributed by atoms with Gasteiger partial charge < -0.3 is 15.2 Å². The standard InChI is InChI=1S/C22H31NO3.C19H19ClN2/c1-3-23(4-2)17-11-12-18-26-21(24)22(25,19-13-7-5-8-14-19)20-15-9-6-10-16-20;20-16-5-6-17-15(12-16)4-3-14-2-1-9-22-19(14)18(17)13-7-10-21-11-8-13/h5,7-8,13-14,20,25H,3-4,6,9-10,15-18H2,1-2H3;1-2,5-6,9,12,21H,3-4,7-8,10-11H2. The van der Waals surface area contributed by atoms with Crippen molar-refractivity contribution in [1.29, 1.82) is 0 Å². The number of nitrogens with zero attached hydrogens (tertiary/aromatic N) is 2. The Morgan fingerprint density at radius 3 is 2.42 bits per heavy atom. The third-order valence-corrected chi connectivity index (χ3v) is 10.2. The lowest BCUT2D eigenvalue weighted by atomic mass is 9.73. The average Bonchev–Trinajstić information content (AvgIpc) is 3.30. The number of aliphatic hydroxyl groups is 1. The Kier molecular flexibility index (Phi) is 13.3. The van der Waals surface area contributed by atoms with Crippen molar-refractivity contribution in [1.82, 2.24) is 15.2 Å². The largest absolute Gasteiger partial charge is 0.450 e. The number of piperidine rings is 1. The van der Waals surface area contributed by atoms with Crippen molar-refractivity contribution < 1.29 is 14.6 Å². The molecule has 6 rings (SSSR count). The Hall–Kier alpha value is -3.47. The van der Waals surface area contributed by atoms with Crippen LogP contribution in [0.3, 0.4) is 0 Å². The Balaban J connectivity index is 0.000000190. The number of hydrogen-bond donors (Lipinski definition) is 2. The molecular weight excluding hydrogens is 618 g/mol. The number of pyridine rings is 1. The number of rotatable bonds is 7. The van der Waals surface area contributed by atoms with Crippen LogP contribution in [0.2, 0.25) is 5.02 Å². The summed E-state index contributed by atoms with van der Waals surface area (Å²) in [5.41, 5.74) is 7.16. The molecule has 1 aliphatic heterocycles. The Bertz CT molecular complexity index is 1590. The summed E-state index contributed by atoms with van der Waals surface area (Å²) in [5, 5.41) is 15.6. The normalized spacial score (nSPS) is 17.4. The minimum Gasteiger partial charge on any atom is -0.450 e. The van der Waals surface area contributed by atoms with Crippen LogP contribution in [0.25, 0.3) is 5.57 Å². The minimum atomic E-state index is -1.58. The lowest BCUT2D eigenvalue weighted by Gasteiger charge is -2.36. The van der Waals surface area contributed by atoms with E-state index in [9.17, 15) is 9.90 Å². The number of halogens is 1. The molecule has 0 radical (unpaired) electrons. The van der Waals surface area contributed by atoms with Crippen molar-refractivity contribution in [2.45, 2.75) is 77.2 Å². The summed E-state index contributed by atoms with van der Waals surface area (Å²) in [5.74, 6) is 5.25. The van der Waals surface area contributed by atoms with Gasteiger partial charge >= 0.3 is 5.97 Å². The van der Waals surface area contributed by atoms with Crippen molar-refractivity contribution in [3.05, 3.63) is 105 Å². The van der Waals surface area contributed by atoms with E-state index in [4.69, 9.17) is 21.3 Å². The van der Waals surface area contributed by atoms with Gasteiger partial charge in [-0.15, -0.1) is 0 Å². The van der Waals surface area contributed by atoms with Gasteiger partial charge in [0.25, 0.3) is 0 Å². The van der Waals surface area contributed by atoms with E-state index < -0.39 is 11.6 Å². The third kappa shape index (κ3) is 8.76. The van der Waals surface area contributed by atoms with Gasteiger partial charge in [0.05, 0.1) is 12.2 Å². The third-order valence-electron chi connectivity index (χ3n) is 10.0. The topological polar surface area (TPSA) is 74.7 Å². The average molecular weight is 668 g/mol. The molecule has 1 aromatic heterocycles. The summed E-state index contributed by atoms with van der Waals surface area (Å²) in [4.78, 5) is 19.8. The second-order valence-corrected chi connectivity index (χ2v) is 13.3. The Morgan fingerprint density at radius 2 is 1.69 bits per heavy atom. The van der Waals surface area contributed by atoms with Crippen molar-refractivity contribution in [2.24, 2.45) is 5.92 Å². The molecule has 2 aliphatic carbocycles. The number of fused-ring (bicyclic) bond motifs is 2. The number of esters is 1. The number of hydrogen-bond acceptors (Lipinski definition) is 6. The number of nitrogens with one attached hydrogen (secondary N) is 1. The van der Waals surface area contributed by atoms with Crippen molar-refractivity contribution in [3.63, 3.8) is 0 Å². The zero-order valence-electron chi connectivity index (χ0n) is 28.6. The molecule has 1 saturated carbocycles. The fourth-order valence-electron chi connectivity index (χ4n) is 7.22. The summed E-state index contributed by atoms with van der Waals surface area (Å²) < 4.78 is 5.38. The van der Waals surface area contributed by atoms with E-state index in [1.165, 1.54) is 33.5 Å². The van der Waals surface area contributed by atoms with E-state index in [1.54, 1.807) is 0 Å². The second kappa shape index (κ2) is 17.8. The maximum atomic E-state index is 12.8. The van der Waals surface area contributed by atoms with Crippen LogP contribution in [0.1, 0.15) is 86.7 Å². The molecule has 2 aromatic carbocycles. The van der Waals surface area contributed by atoms with Crippen molar-refractivity contribution in [2.75, 3.05) is 39.3 Å². The van der Waals surface area contributed by atoms with Gasteiger partial charge in [0.15, 0.2) is 12.2 Å². The number of ether oxygens (including phenoxy) is 1. The van der Waals surface area contributed by atoms with Gasteiger partial charge in [-0.25, -0.2) is 4.79 Å². The molecule has 6 nitrogen and oxygen atoms in total. The first-order valence-electron chi connectivity index (χ1n) is 17.7. The zero-order valence-corrected chi connectivity index (χ0v) is 29.3. The van der Waals surface area contributed by atoms with Crippen LogP contribution >= 0.6 is 11.6 Å². The van der Waals surface area contributed by atoms with Crippen molar-refractivity contribution in [3.8, 4) is 11.8 Å². The van der Waals surface area contributed by atoms with E-state index in [1.807, 2.05) is 48.7 Å². The summed E-state index contributed by atoms with van der Waals surface area (Å²) >= 11 is 6.23. The maximum absolute atomic E-state index is 12.8. The van der Waals surface area contributed by atoms with Gasteiger partial charge in [-0.3, -0.25) is 9.88 Å². The van der Waals surface area contributed by atoms with E-state index >= 15 is 0 Å². The Labute approximate surface area is 292 Å². The highest BCUT2D eigenvalue weighted by Gasteiger charge is 2.47. The summed E-state index contributed by atoms with van der Waals surface area (Å²) in [6, 6.07) is 19.8. The zero-order chi connectivity index (χ0) is 33.8.